The highest BCUT2D eigenvalue weighted by Gasteiger charge is 2.14. The van der Waals surface area contributed by atoms with Crippen LogP contribution in [-0.2, 0) is 13.0 Å². The third-order valence-electron chi connectivity index (χ3n) is 2.96. The van der Waals surface area contributed by atoms with Crippen molar-refractivity contribution < 1.29 is 5.11 Å². The summed E-state index contributed by atoms with van der Waals surface area (Å²) >= 11 is 3.42. The van der Waals surface area contributed by atoms with Crippen LogP contribution < -0.4 is 0 Å². The lowest BCUT2D eigenvalue weighted by molar-refractivity contribution is 0.173. The van der Waals surface area contributed by atoms with E-state index < -0.39 is 6.10 Å². The van der Waals surface area contributed by atoms with Gasteiger partial charge in [0, 0.05) is 17.4 Å². The van der Waals surface area contributed by atoms with Crippen molar-refractivity contribution >= 4 is 15.9 Å². The monoisotopic (exact) mass is 309 g/mol. The summed E-state index contributed by atoms with van der Waals surface area (Å²) in [5.74, 6) is 0.812. The van der Waals surface area contributed by atoms with Gasteiger partial charge in [-0.3, -0.25) is 4.68 Å². The van der Waals surface area contributed by atoms with E-state index in [1.165, 1.54) is 6.33 Å². The van der Waals surface area contributed by atoms with Gasteiger partial charge in [0.1, 0.15) is 12.2 Å². The van der Waals surface area contributed by atoms with E-state index in [9.17, 15) is 5.11 Å². The molecule has 1 heterocycles. The molecule has 2 aromatic rings. The zero-order valence-electron chi connectivity index (χ0n) is 10.5. The minimum absolute atomic E-state index is 0.482. The molecule has 1 aromatic carbocycles. The first-order valence-corrected chi connectivity index (χ1v) is 6.72. The van der Waals surface area contributed by atoms with Crippen molar-refractivity contribution in [2.75, 3.05) is 0 Å². The molecule has 0 spiro atoms. The molecule has 1 N–H and O–H groups in total. The summed E-state index contributed by atoms with van der Waals surface area (Å²) < 4.78 is 2.82. The standard InChI is InChI=1S/C13H16BrN3O/c1-3-17-13(15-8-16-17)7-12(18)11-5-4-10(14)6-9(11)2/h4-6,8,12,18H,3,7H2,1-2H3. The molecule has 0 amide bonds. The van der Waals surface area contributed by atoms with E-state index in [-0.39, 0.29) is 0 Å². The van der Waals surface area contributed by atoms with E-state index >= 15 is 0 Å². The molecule has 0 aliphatic rings. The van der Waals surface area contributed by atoms with Crippen LogP contribution in [0.3, 0.4) is 0 Å². The predicted molar refractivity (Wildman–Crippen MR) is 73.2 cm³/mol. The first-order chi connectivity index (χ1) is 8.61. The lowest BCUT2D eigenvalue weighted by Gasteiger charge is -2.14. The minimum Gasteiger partial charge on any atom is -0.388 e. The minimum atomic E-state index is -0.549. The van der Waals surface area contributed by atoms with Crippen LogP contribution in [0.1, 0.15) is 30.0 Å². The largest absolute Gasteiger partial charge is 0.388 e. The average molecular weight is 310 g/mol. The topological polar surface area (TPSA) is 50.9 Å². The number of benzene rings is 1. The lowest BCUT2D eigenvalue weighted by atomic mass is 10.0. The summed E-state index contributed by atoms with van der Waals surface area (Å²) in [6, 6.07) is 5.88. The first-order valence-electron chi connectivity index (χ1n) is 5.92. The average Bonchev–Trinajstić information content (AvgIpc) is 2.76. The maximum atomic E-state index is 10.3. The van der Waals surface area contributed by atoms with Gasteiger partial charge < -0.3 is 5.11 Å². The molecule has 5 heteroatoms. The van der Waals surface area contributed by atoms with Gasteiger partial charge in [0.25, 0.3) is 0 Å². The van der Waals surface area contributed by atoms with Gasteiger partial charge in [-0.1, -0.05) is 22.0 Å². The molecule has 4 nitrogen and oxygen atoms in total. The molecule has 18 heavy (non-hydrogen) atoms. The highest BCUT2D eigenvalue weighted by atomic mass is 79.9. The maximum Gasteiger partial charge on any atom is 0.138 e. The molecule has 0 radical (unpaired) electrons. The molecule has 0 fully saturated rings. The van der Waals surface area contributed by atoms with Crippen molar-refractivity contribution in [3.05, 3.63) is 46.0 Å². The fourth-order valence-corrected chi connectivity index (χ4v) is 2.48. The number of aliphatic hydroxyl groups excluding tert-OH is 1. The first kappa shape index (κ1) is 13.2. The number of aliphatic hydroxyl groups is 1. The third kappa shape index (κ3) is 2.79. The maximum absolute atomic E-state index is 10.3. The van der Waals surface area contributed by atoms with E-state index in [0.29, 0.717) is 6.42 Å². The normalized spacial score (nSPS) is 12.7. The summed E-state index contributed by atoms with van der Waals surface area (Å²) in [6.07, 6.45) is 1.46. The molecule has 0 aliphatic heterocycles. The molecule has 0 aliphatic carbocycles. The van der Waals surface area contributed by atoms with E-state index in [1.807, 2.05) is 32.0 Å². The Labute approximate surface area is 115 Å². The number of hydrogen-bond donors (Lipinski definition) is 1. The number of rotatable bonds is 4. The SMILES string of the molecule is CCn1ncnc1CC(O)c1ccc(Br)cc1C. The third-order valence-corrected chi connectivity index (χ3v) is 3.46. The van der Waals surface area contributed by atoms with E-state index in [2.05, 4.69) is 26.0 Å². The van der Waals surface area contributed by atoms with Crippen LogP contribution in [0.2, 0.25) is 0 Å². The van der Waals surface area contributed by atoms with Crippen molar-refractivity contribution in [1.29, 1.82) is 0 Å². The lowest BCUT2D eigenvalue weighted by Crippen LogP contribution is -2.10. The summed E-state index contributed by atoms with van der Waals surface area (Å²) in [5.41, 5.74) is 2.00. The molecule has 96 valence electrons. The van der Waals surface area contributed by atoms with Gasteiger partial charge in [0.2, 0.25) is 0 Å². The van der Waals surface area contributed by atoms with Gasteiger partial charge in [0.05, 0.1) is 6.10 Å². The summed E-state index contributed by atoms with van der Waals surface area (Å²) in [5, 5.41) is 14.4. The number of halogens is 1. The Bertz CT molecular complexity index is 539. The van der Waals surface area contributed by atoms with Gasteiger partial charge >= 0.3 is 0 Å². The summed E-state index contributed by atoms with van der Waals surface area (Å²) in [4.78, 5) is 4.18. The van der Waals surface area contributed by atoms with Gasteiger partial charge in [0.15, 0.2) is 0 Å². The molecule has 2 rings (SSSR count). The number of aromatic nitrogens is 3. The van der Waals surface area contributed by atoms with Gasteiger partial charge in [-0.2, -0.15) is 5.10 Å². The van der Waals surface area contributed by atoms with Crippen molar-refractivity contribution in [3.63, 3.8) is 0 Å². The number of aryl methyl sites for hydroxylation is 2. The van der Waals surface area contributed by atoms with Gasteiger partial charge in [-0.15, -0.1) is 0 Å². The number of hydrogen-bond acceptors (Lipinski definition) is 3. The van der Waals surface area contributed by atoms with Crippen LogP contribution in [0.15, 0.2) is 29.0 Å². The number of nitrogens with zero attached hydrogens (tertiary/aromatic N) is 3. The van der Waals surface area contributed by atoms with Crippen LogP contribution >= 0.6 is 15.9 Å². The van der Waals surface area contributed by atoms with Crippen molar-refractivity contribution in [2.45, 2.75) is 32.9 Å². The van der Waals surface area contributed by atoms with Crippen LogP contribution in [0.5, 0.6) is 0 Å². The highest BCUT2D eigenvalue weighted by Crippen LogP contribution is 2.23. The second kappa shape index (κ2) is 5.63. The Morgan fingerprint density at radius 1 is 1.44 bits per heavy atom. The quantitative estimate of drug-likeness (QED) is 0.944. The molecule has 1 atom stereocenters. The van der Waals surface area contributed by atoms with Crippen molar-refractivity contribution in [3.8, 4) is 0 Å². The molecular weight excluding hydrogens is 294 g/mol. The Kier molecular flexibility index (Phi) is 4.14. The van der Waals surface area contributed by atoms with Crippen LogP contribution in [-0.4, -0.2) is 19.9 Å². The van der Waals surface area contributed by atoms with Gasteiger partial charge in [-0.25, -0.2) is 4.98 Å². The van der Waals surface area contributed by atoms with Crippen LogP contribution in [0.4, 0.5) is 0 Å². The van der Waals surface area contributed by atoms with E-state index in [1.54, 1.807) is 4.68 Å². The van der Waals surface area contributed by atoms with Crippen molar-refractivity contribution in [1.82, 2.24) is 14.8 Å². The molecule has 1 unspecified atom stereocenters. The molecule has 0 saturated carbocycles. The molecule has 1 aromatic heterocycles. The molecular formula is C13H16BrN3O. The van der Waals surface area contributed by atoms with Crippen molar-refractivity contribution in [2.24, 2.45) is 0 Å². The summed E-state index contributed by atoms with van der Waals surface area (Å²) in [6.45, 7) is 4.77. The smallest absolute Gasteiger partial charge is 0.138 e. The second-order valence-corrected chi connectivity index (χ2v) is 5.13. The zero-order valence-corrected chi connectivity index (χ0v) is 12.1. The molecule has 0 saturated heterocycles. The van der Waals surface area contributed by atoms with E-state index in [0.717, 1.165) is 28.0 Å². The fourth-order valence-electron chi connectivity index (χ4n) is 2.01. The summed E-state index contributed by atoms with van der Waals surface area (Å²) in [7, 11) is 0. The highest BCUT2D eigenvalue weighted by molar-refractivity contribution is 9.10. The Morgan fingerprint density at radius 3 is 2.89 bits per heavy atom. The Hall–Kier alpha value is -1.20. The van der Waals surface area contributed by atoms with Crippen LogP contribution in [0, 0.1) is 6.92 Å². The van der Waals surface area contributed by atoms with Crippen LogP contribution in [0.25, 0.3) is 0 Å². The second-order valence-electron chi connectivity index (χ2n) is 4.21. The van der Waals surface area contributed by atoms with Gasteiger partial charge in [-0.05, 0) is 37.1 Å². The fraction of sp³-hybridized carbons (Fsp3) is 0.385. The zero-order chi connectivity index (χ0) is 13.1. The Balaban J connectivity index is 2.19. The molecule has 0 bridgehead atoms. The van der Waals surface area contributed by atoms with E-state index in [4.69, 9.17) is 0 Å². The predicted octanol–water partition coefficient (Wildman–Crippen LogP) is 2.65. The Morgan fingerprint density at radius 2 is 2.22 bits per heavy atom.